The lowest BCUT2D eigenvalue weighted by atomic mass is 10.2. The third-order valence-electron chi connectivity index (χ3n) is 1.91. The third kappa shape index (κ3) is 1.10. The van der Waals surface area contributed by atoms with Crippen molar-refractivity contribution in [2.24, 2.45) is 0 Å². The predicted molar refractivity (Wildman–Crippen MR) is 48.7 cm³/mol. The summed E-state index contributed by atoms with van der Waals surface area (Å²) in [6, 6.07) is 6.31. The maximum Gasteiger partial charge on any atom is 0.270 e. The Morgan fingerprint density at radius 2 is 2.15 bits per heavy atom. The first-order valence-electron chi connectivity index (χ1n) is 3.69. The van der Waals surface area contributed by atoms with E-state index in [0.717, 1.165) is 10.9 Å². The topological polar surface area (TPSA) is 74.1 Å². The molecule has 13 heavy (non-hydrogen) atoms. The van der Waals surface area contributed by atoms with Gasteiger partial charge in [-0.3, -0.25) is 14.8 Å². The summed E-state index contributed by atoms with van der Waals surface area (Å²) in [7, 11) is 0. The van der Waals surface area contributed by atoms with Gasteiger partial charge < -0.3 is 5.84 Å². The highest BCUT2D eigenvalue weighted by molar-refractivity contribution is 5.82. The first-order chi connectivity index (χ1) is 6.18. The first-order valence-corrected chi connectivity index (χ1v) is 3.69. The van der Waals surface area contributed by atoms with Crippen LogP contribution in [0.3, 0.4) is 0 Å². The van der Waals surface area contributed by atoms with Crippen LogP contribution in [0, 0.1) is 10.1 Å². The molecule has 0 atom stereocenters. The summed E-state index contributed by atoms with van der Waals surface area (Å²) in [5.41, 5.74) is 0.865. The van der Waals surface area contributed by atoms with Crippen LogP contribution in [0.1, 0.15) is 0 Å². The van der Waals surface area contributed by atoms with E-state index in [4.69, 9.17) is 5.84 Å². The maximum atomic E-state index is 10.4. The molecule has 0 saturated carbocycles. The van der Waals surface area contributed by atoms with Gasteiger partial charge >= 0.3 is 0 Å². The van der Waals surface area contributed by atoms with E-state index in [2.05, 4.69) is 0 Å². The Kier molecular flexibility index (Phi) is 1.45. The van der Waals surface area contributed by atoms with Crippen molar-refractivity contribution in [3.8, 4) is 0 Å². The van der Waals surface area contributed by atoms with Gasteiger partial charge in [-0.2, -0.15) is 0 Å². The van der Waals surface area contributed by atoms with Crippen molar-refractivity contribution < 1.29 is 4.92 Å². The molecule has 0 bridgehead atoms. The molecule has 0 fully saturated rings. The largest absolute Gasteiger partial charge is 0.339 e. The number of nitrogens with two attached hydrogens (primary N) is 1. The standard InChI is InChI=1S/C8H7N3O2/c9-10-4-3-6-5-7(11(12)13)1-2-8(6)10/h1-5H,9H2. The number of nitro groups is 1. The molecule has 0 amide bonds. The number of nitrogens with zero attached hydrogens (tertiary/aromatic N) is 2. The molecular weight excluding hydrogens is 170 g/mol. The number of rotatable bonds is 1. The average molecular weight is 177 g/mol. The van der Waals surface area contributed by atoms with Gasteiger partial charge in [-0.25, -0.2) is 0 Å². The predicted octanol–water partition coefficient (Wildman–Crippen LogP) is 1.26. The van der Waals surface area contributed by atoms with E-state index in [1.54, 1.807) is 18.3 Å². The van der Waals surface area contributed by atoms with Crippen LogP contribution in [0.15, 0.2) is 30.5 Å². The van der Waals surface area contributed by atoms with E-state index in [1.165, 1.54) is 16.8 Å². The minimum Gasteiger partial charge on any atom is -0.339 e. The molecule has 2 aromatic rings. The zero-order chi connectivity index (χ0) is 9.42. The average Bonchev–Trinajstić information content (AvgIpc) is 2.47. The van der Waals surface area contributed by atoms with Crippen molar-refractivity contribution in [2.75, 3.05) is 5.84 Å². The Morgan fingerprint density at radius 3 is 2.85 bits per heavy atom. The lowest BCUT2D eigenvalue weighted by Crippen LogP contribution is -2.04. The number of nitrogen functional groups attached to an aromatic ring is 1. The van der Waals surface area contributed by atoms with Crippen LogP contribution in [0.5, 0.6) is 0 Å². The van der Waals surface area contributed by atoms with Crippen LogP contribution >= 0.6 is 0 Å². The van der Waals surface area contributed by atoms with E-state index in [0.29, 0.717) is 0 Å². The number of aromatic nitrogens is 1. The van der Waals surface area contributed by atoms with E-state index in [9.17, 15) is 10.1 Å². The molecule has 0 aliphatic rings. The van der Waals surface area contributed by atoms with Gasteiger partial charge in [0.1, 0.15) is 0 Å². The van der Waals surface area contributed by atoms with E-state index < -0.39 is 4.92 Å². The summed E-state index contributed by atoms with van der Waals surface area (Å²) in [5, 5.41) is 11.2. The van der Waals surface area contributed by atoms with Crippen molar-refractivity contribution in [2.45, 2.75) is 0 Å². The fraction of sp³-hybridized carbons (Fsp3) is 0. The van der Waals surface area contributed by atoms with Gasteiger partial charge in [-0.1, -0.05) is 0 Å². The molecule has 1 aromatic carbocycles. The highest BCUT2D eigenvalue weighted by atomic mass is 16.6. The zero-order valence-corrected chi connectivity index (χ0v) is 6.68. The first kappa shape index (κ1) is 7.60. The minimum absolute atomic E-state index is 0.0821. The minimum atomic E-state index is -0.423. The summed E-state index contributed by atoms with van der Waals surface area (Å²) in [6.07, 6.45) is 1.66. The van der Waals surface area contributed by atoms with Crippen LogP contribution < -0.4 is 5.84 Å². The molecule has 1 aromatic heterocycles. The van der Waals surface area contributed by atoms with Crippen LogP contribution in [-0.4, -0.2) is 9.60 Å². The molecule has 0 aliphatic heterocycles. The Morgan fingerprint density at radius 1 is 1.38 bits per heavy atom. The molecule has 0 saturated heterocycles. The monoisotopic (exact) mass is 177 g/mol. The Balaban J connectivity index is 2.70. The number of hydrogen-bond donors (Lipinski definition) is 1. The summed E-state index contributed by atoms with van der Waals surface area (Å²) in [6.45, 7) is 0. The van der Waals surface area contributed by atoms with Crippen molar-refractivity contribution in [1.82, 2.24) is 4.68 Å². The number of fused-ring (bicyclic) bond motifs is 1. The van der Waals surface area contributed by atoms with Crippen molar-refractivity contribution >= 4 is 16.6 Å². The van der Waals surface area contributed by atoms with Gasteiger partial charge in [0.05, 0.1) is 10.4 Å². The molecule has 1 heterocycles. The highest BCUT2D eigenvalue weighted by Gasteiger charge is 2.06. The Bertz CT molecular complexity index is 475. The fourth-order valence-corrected chi connectivity index (χ4v) is 1.27. The van der Waals surface area contributed by atoms with Gasteiger partial charge in [-0.05, 0) is 12.1 Å². The summed E-state index contributed by atoms with van der Waals surface area (Å²) >= 11 is 0. The lowest BCUT2D eigenvalue weighted by Gasteiger charge is -1.95. The second kappa shape index (κ2) is 2.48. The van der Waals surface area contributed by atoms with Crippen molar-refractivity contribution in [3.05, 3.63) is 40.6 Å². The van der Waals surface area contributed by atoms with Gasteiger partial charge in [0.15, 0.2) is 0 Å². The number of non-ortho nitro benzene ring substituents is 1. The maximum absolute atomic E-state index is 10.4. The van der Waals surface area contributed by atoms with Crippen molar-refractivity contribution in [1.29, 1.82) is 0 Å². The van der Waals surface area contributed by atoms with Crippen LogP contribution in [0.25, 0.3) is 10.9 Å². The molecule has 66 valence electrons. The molecule has 0 aliphatic carbocycles. The molecule has 0 unspecified atom stereocenters. The van der Waals surface area contributed by atoms with Crippen LogP contribution in [0.4, 0.5) is 5.69 Å². The SMILES string of the molecule is Nn1ccc2cc([N+](=O)[O-])ccc21. The summed E-state index contributed by atoms with van der Waals surface area (Å²) in [5.74, 6) is 5.55. The third-order valence-corrected chi connectivity index (χ3v) is 1.91. The highest BCUT2D eigenvalue weighted by Crippen LogP contribution is 2.20. The molecule has 5 heteroatoms. The quantitative estimate of drug-likeness (QED) is 0.405. The van der Waals surface area contributed by atoms with Crippen molar-refractivity contribution in [3.63, 3.8) is 0 Å². The Hall–Kier alpha value is -2.04. The number of nitro benzene ring substituents is 1. The Labute approximate surface area is 73.5 Å². The summed E-state index contributed by atoms with van der Waals surface area (Å²) < 4.78 is 1.43. The normalized spacial score (nSPS) is 10.5. The van der Waals surface area contributed by atoms with Crippen LogP contribution in [-0.2, 0) is 0 Å². The molecule has 2 N–H and O–H groups in total. The van der Waals surface area contributed by atoms with Gasteiger partial charge in [-0.15, -0.1) is 0 Å². The molecule has 0 spiro atoms. The molecule has 0 radical (unpaired) electrons. The van der Waals surface area contributed by atoms with E-state index in [-0.39, 0.29) is 5.69 Å². The van der Waals surface area contributed by atoms with E-state index in [1.807, 2.05) is 0 Å². The second-order valence-corrected chi connectivity index (χ2v) is 2.72. The zero-order valence-electron chi connectivity index (χ0n) is 6.68. The van der Waals surface area contributed by atoms with Gasteiger partial charge in [0.2, 0.25) is 0 Å². The number of hydrogen-bond acceptors (Lipinski definition) is 3. The second-order valence-electron chi connectivity index (χ2n) is 2.72. The fourth-order valence-electron chi connectivity index (χ4n) is 1.27. The molecule has 5 nitrogen and oxygen atoms in total. The molecule has 2 rings (SSSR count). The van der Waals surface area contributed by atoms with Gasteiger partial charge in [0, 0.05) is 23.7 Å². The van der Waals surface area contributed by atoms with Crippen LogP contribution in [0.2, 0.25) is 0 Å². The van der Waals surface area contributed by atoms with Gasteiger partial charge in [0.25, 0.3) is 5.69 Å². The summed E-state index contributed by atoms with van der Waals surface area (Å²) in [4.78, 5) is 10.00. The number of benzene rings is 1. The molecular formula is C8H7N3O2. The smallest absolute Gasteiger partial charge is 0.270 e. The van der Waals surface area contributed by atoms with E-state index >= 15 is 0 Å². The lowest BCUT2D eigenvalue weighted by molar-refractivity contribution is -0.384.